The van der Waals surface area contributed by atoms with Crippen LogP contribution in [-0.2, 0) is 6.42 Å². The van der Waals surface area contributed by atoms with Crippen LogP contribution < -0.4 is 5.46 Å². The average molecular weight is 297 g/mol. The lowest BCUT2D eigenvalue weighted by Gasteiger charge is -2.05. The highest BCUT2D eigenvalue weighted by Gasteiger charge is 2.10. The van der Waals surface area contributed by atoms with Crippen molar-refractivity contribution in [1.82, 2.24) is 4.98 Å². The Morgan fingerprint density at radius 3 is 2.23 bits per heavy atom. The van der Waals surface area contributed by atoms with E-state index in [1.54, 1.807) is 12.1 Å². The van der Waals surface area contributed by atoms with E-state index in [-0.39, 0.29) is 0 Å². The summed E-state index contributed by atoms with van der Waals surface area (Å²) < 4.78 is 0. The highest BCUT2D eigenvalue weighted by Crippen LogP contribution is 2.17. The van der Waals surface area contributed by atoms with Crippen LogP contribution in [0.4, 0.5) is 0 Å². The lowest BCUT2D eigenvalue weighted by atomic mass is 9.80. The number of benzene rings is 1. The van der Waals surface area contributed by atoms with E-state index in [0.29, 0.717) is 5.46 Å². The van der Waals surface area contributed by atoms with E-state index < -0.39 is 7.12 Å². The molecule has 0 bridgehead atoms. The first-order valence-electron chi connectivity index (χ1n) is 8.12. The fraction of sp³-hybridized carbons (Fsp3) is 0.389. The first-order valence-corrected chi connectivity index (χ1v) is 8.12. The Hall–Kier alpha value is -1.65. The lowest BCUT2D eigenvalue weighted by molar-refractivity contribution is 0.426. The van der Waals surface area contributed by atoms with Gasteiger partial charge in [0.1, 0.15) is 0 Å². The molecule has 0 aliphatic rings. The Labute approximate surface area is 133 Å². The highest BCUT2D eigenvalue weighted by atomic mass is 16.4. The minimum Gasteiger partial charge on any atom is -0.423 e. The van der Waals surface area contributed by atoms with Crippen LogP contribution >= 0.6 is 0 Å². The number of unbranched alkanes of at least 4 members (excludes halogenated alkanes) is 4. The quantitative estimate of drug-likeness (QED) is 0.582. The number of aromatic nitrogens is 1. The van der Waals surface area contributed by atoms with Crippen molar-refractivity contribution in [2.75, 3.05) is 0 Å². The van der Waals surface area contributed by atoms with Crippen molar-refractivity contribution in [2.24, 2.45) is 0 Å². The second kappa shape index (κ2) is 8.71. The third-order valence-electron chi connectivity index (χ3n) is 3.90. The smallest absolute Gasteiger partial charge is 0.423 e. The summed E-state index contributed by atoms with van der Waals surface area (Å²) in [6.45, 7) is 2.23. The van der Waals surface area contributed by atoms with Gasteiger partial charge in [-0.1, -0.05) is 62.9 Å². The summed E-state index contributed by atoms with van der Waals surface area (Å²) in [6, 6.07) is 11.3. The van der Waals surface area contributed by atoms with E-state index in [1.807, 2.05) is 24.4 Å². The number of hydrogen-bond donors (Lipinski definition) is 2. The Morgan fingerprint density at radius 2 is 1.64 bits per heavy atom. The monoisotopic (exact) mass is 297 g/mol. The van der Waals surface area contributed by atoms with Gasteiger partial charge < -0.3 is 10.0 Å². The molecule has 0 unspecified atom stereocenters. The van der Waals surface area contributed by atoms with E-state index in [1.165, 1.54) is 37.7 Å². The Kier molecular flexibility index (Phi) is 6.62. The molecular formula is C18H24BNO2. The van der Waals surface area contributed by atoms with Gasteiger partial charge in [-0.05, 0) is 29.9 Å². The summed E-state index contributed by atoms with van der Waals surface area (Å²) in [5.41, 5.74) is 3.67. The minimum absolute atomic E-state index is 0.493. The molecule has 2 rings (SSSR count). The topological polar surface area (TPSA) is 53.4 Å². The number of nitrogens with zero attached hydrogens (tertiary/aromatic N) is 1. The highest BCUT2D eigenvalue weighted by molar-refractivity contribution is 6.58. The van der Waals surface area contributed by atoms with Gasteiger partial charge in [-0.3, -0.25) is 4.98 Å². The van der Waals surface area contributed by atoms with Crippen molar-refractivity contribution < 1.29 is 10.0 Å². The molecule has 0 radical (unpaired) electrons. The molecule has 4 heteroatoms. The molecule has 2 aromatic rings. The molecule has 0 atom stereocenters. The van der Waals surface area contributed by atoms with Gasteiger partial charge in [0.25, 0.3) is 0 Å². The molecular weight excluding hydrogens is 273 g/mol. The van der Waals surface area contributed by atoms with Gasteiger partial charge in [0.15, 0.2) is 0 Å². The fourth-order valence-corrected chi connectivity index (χ4v) is 2.50. The number of pyridine rings is 1. The predicted molar refractivity (Wildman–Crippen MR) is 92.0 cm³/mol. The predicted octanol–water partition coefficient (Wildman–Crippen LogP) is 2.94. The Morgan fingerprint density at radius 1 is 0.909 bits per heavy atom. The maximum absolute atomic E-state index is 9.10. The van der Waals surface area contributed by atoms with Gasteiger partial charge >= 0.3 is 7.12 Å². The minimum atomic E-state index is -1.42. The summed E-state index contributed by atoms with van der Waals surface area (Å²) in [7, 11) is -1.42. The molecule has 116 valence electrons. The zero-order chi connectivity index (χ0) is 15.8. The molecule has 0 amide bonds. The third-order valence-corrected chi connectivity index (χ3v) is 3.90. The second-order valence-corrected chi connectivity index (χ2v) is 5.71. The second-order valence-electron chi connectivity index (χ2n) is 5.71. The van der Waals surface area contributed by atoms with Crippen molar-refractivity contribution >= 4 is 12.6 Å². The fourth-order valence-electron chi connectivity index (χ4n) is 2.50. The molecule has 22 heavy (non-hydrogen) atoms. The Balaban J connectivity index is 1.91. The van der Waals surface area contributed by atoms with Crippen LogP contribution in [-0.4, -0.2) is 22.2 Å². The van der Waals surface area contributed by atoms with Gasteiger partial charge in [0, 0.05) is 11.8 Å². The first-order chi connectivity index (χ1) is 10.7. The molecule has 0 fully saturated rings. The maximum Gasteiger partial charge on any atom is 0.488 e. The number of aryl methyl sites for hydroxylation is 1. The normalized spacial score (nSPS) is 10.7. The van der Waals surface area contributed by atoms with Crippen LogP contribution in [0.5, 0.6) is 0 Å². The largest absolute Gasteiger partial charge is 0.488 e. The molecule has 0 spiro atoms. The van der Waals surface area contributed by atoms with Crippen LogP contribution in [0.25, 0.3) is 11.3 Å². The molecule has 0 saturated heterocycles. The van der Waals surface area contributed by atoms with Gasteiger partial charge in [0.05, 0.1) is 5.69 Å². The summed E-state index contributed by atoms with van der Waals surface area (Å²) in [5, 5.41) is 18.2. The Bertz CT molecular complexity index is 552. The van der Waals surface area contributed by atoms with Crippen LogP contribution in [0.3, 0.4) is 0 Å². The molecule has 3 nitrogen and oxygen atoms in total. The van der Waals surface area contributed by atoms with Gasteiger partial charge in [-0.15, -0.1) is 0 Å². The summed E-state index contributed by atoms with van der Waals surface area (Å²) in [4.78, 5) is 4.51. The van der Waals surface area contributed by atoms with Gasteiger partial charge in [0.2, 0.25) is 0 Å². The van der Waals surface area contributed by atoms with Crippen molar-refractivity contribution in [1.29, 1.82) is 0 Å². The van der Waals surface area contributed by atoms with E-state index in [9.17, 15) is 0 Å². The van der Waals surface area contributed by atoms with Crippen LogP contribution in [0.2, 0.25) is 0 Å². The van der Waals surface area contributed by atoms with Crippen molar-refractivity contribution in [3.05, 3.63) is 48.2 Å². The summed E-state index contributed by atoms with van der Waals surface area (Å²) in [6.07, 6.45) is 9.49. The number of rotatable bonds is 8. The van der Waals surface area contributed by atoms with Gasteiger partial charge in [-0.2, -0.15) is 0 Å². The zero-order valence-corrected chi connectivity index (χ0v) is 13.2. The lowest BCUT2D eigenvalue weighted by Crippen LogP contribution is -2.29. The standard InChI is InChI=1S/C18H24BNO2/c1-2-3-4-5-6-7-15-8-13-18(20-14-15)16-9-11-17(12-10-16)19(21)22/h8-14,21-22H,2-7H2,1H3. The van der Waals surface area contributed by atoms with Crippen LogP contribution in [0.15, 0.2) is 42.6 Å². The molecule has 1 heterocycles. The molecule has 1 aromatic heterocycles. The molecule has 0 saturated carbocycles. The van der Waals surface area contributed by atoms with E-state index in [4.69, 9.17) is 10.0 Å². The number of hydrogen-bond acceptors (Lipinski definition) is 3. The van der Waals surface area contributed by atoms with E-state index in [2.05, 4.69) is 18.0 Å². The molecule has 2 N–H and O–H groups in total. The molecule has 0 aliphatic carbocycles. The van der Waals surface area contributed by atoms with Gasteiger partial charge in [-0.25, -0.2) is 0 Å². The van der Waals surface area contributed by atoms with E-state index in [0.717, 1.165) is 17.7 Å². The third kappa shape index (κ3) is 4.97. The van der Waals surface area contributed by atoms with Crippen LogP contribution in [0, 0.1) is 0 Å². The van der Waals surface area contributed by atoms with E-state index >= 15 is 0 Å². The van der Waals surface area contributed by atoms with Crippen molar-refractivity contribution in [3.63, 3.8) is 0 Å². The zero-order valence-electron chi connectivity index (χ0n) is 13.2. The molecule has 0 aliphatic heterocycles. The maximum atomic E-state index is 9.10. The summed E-state index contributed by atoms with van der Waals surface area (Å²) >= 11 is 0. The van der Waals surface area contributed by atoms with Crippen LogP contribution in [0.1, 0.15) is 44.6 Å². The molecule has 1 aromatic carbocycles. The first kappa shape index (κ1) is 16.7. The summed E-state index contributed by atoms with van der Waals surface area (Å²) in [5.74, 6) is 0. The van der Waals surface area contributed by atoms with Crippen molar-refractivity contribution in [2.45, 2.75) is 45.4 Å². The average Bonchev–Trinajstić information content (AvgIpc) is 2.55. The SMILES string of the molecule is CCCCCCCc1ccc(-c2ccc(B(O)O)cc2)nc1. The van der Waals surface area contributed by atoms with Crippen molar-refractivity contribution in [3.8, 4) is 11.3 Å².